The Balaban J connectivity index is 1.86. The molecule has 0 radical (unpaired) electrons. The fraction of sp³-hybridized carbons (Fsp3) is 0.385. The lowest BCUT2D eigenvalue weighted by Crippen LogP contribution is -1.99. The Hall–Kier alpha value is -1.22. The van der Waals surface area contributed by atoms with Crippen molar-refractivity contribution in [3.63, 3.8) is 0 Å². The average Bonchev–Trinajstić information content (AvgIpc) is 3.03. The van der Waals surface area contributed by atoms with Crippen LogP contribution in [0.5, 0.6) is 0 Å². The first kappa shape index (κ1) is 13.2. The van der Waals surface area contributed by atoms with E-state index in [-0.39, 0.29) is 0 Å². The second-order valence-electron chi connectivity index (χ2n) is 4.07. The van der Waals surface area contributed by atoms with Crippen molar-refractivity contribution in [3.05, 3.63) is 38.0 Å². The first-order valence-corrected chi connectivity index (χ1v) is 7.68. The number of hydrogen-bond donors (Lipinski definition) is 1. The molecule has 0 aliphatic heterocycles. The van der Waals surface area contributed by atoms with E-state index in [1.807, 2.05) is 5.38 Å². The van der Waals surface area contributed by atoms with Crippen LogP contribution in [0.4, 0.5) is 0 Å². The molecule has 0 aliphatic carbocycles. The fourth-order valence-electron chi connectivity index (χ4n) is 1.72. The smallest absolute Gasteiger partial charge is 0.194 e. The zero-order valence-corrected chi connectivity index (χ0v) is 11.7. The fourth-order valence-corrected chi connectivity index (χ4v) is 3.29. The summed E-state index contributed by atoms with van der Waals surface area (Å²) >= 11 is 3.22. The molecule has 5 heteroatoms. The summed E-state index contributed by atoms with van der Waals surface area (Å²) in [5, 5.41) is 13.5. The van der Waals surface area contributed by atoms with Gasteiger partial charge in [-0.2, -0.15) is 5.26 Å². The average molecular weight is 277 g/mol. The molecule has 0 amide bonds. The van der Waals surface area contributed by atoms with Crippen molar-refractivity contribution in [3.8, 4) is 6.07 Å². The number of thiazole rings is 1. The van der Waals surface area contributed by atoms with Crippen LogP contribution in [0.25, 0.3) is 0 Å². The number of nitrogens with two attached hydrogens (primary N) is 1. The molecule has 2 aromatic heterocycles. The highest BCUT2D eigenvalue weighted by molar-refractivity contribution is 7.10. The van der Waals surface area contributed by atoms with Crippen molar-refractivity contribution >= 4 is 22.7 Å². The zero-order valence-electron chi connectivity index (χ0n) is 10.1. The van der Waals surface area contributed by atoms with Gasteiger partial charge in [0.25, 0.3) is 0 Å². The molecule has 18 heavy (non-hydrogen) atoms. The molecule has 0 unspecified atom stereocenters. The Morgan fingerprint density at radius 1 is 1.22 bits per heavy atom. The monoisotopic (exact) mass is 277 g/mol. The van der Waals surface area contributed by atoms with Gasteiger partial charge in [0.15, 0.2) is 5.01 Å². The largest absolute Gasteiger partial charge is 0.330 e. The second kappa shape index (κ2) is 6.64. The van der Waals surface area contributed by atoms with Gasteiger partial charge in [-0.1, -0.05) is 0 Å². The third-order valence-electron chi connectivity index (χ3n) is 2.65. The number of nitrogens with zero attached hydrogens (tertiary/aromatic N) is 2. The highest BCUT2D eigenvalue weighted by Gasteiger charge is 2.04. The predicted octanol–water partition coefficient (Wildman–Crippen LogP) is 2.75. The Labute approximate surface area is 115 Å². The van der Waals surface area contributed by atoms with Crippen molar-refractivity contribution in [1.29, 1.82) is 5.26 Å². The van der Waals surface area contributed by atoms with Crippen LogP contribution in [-0.4, -0.2) is 11.5 Å². The molecule has 2 aromatic rings. The van der Waals surface area contributed by atoms with E-state index >= 15 is 0 Å². The summed E-state index contributed by atoms with van der Waals surface area (Å²) < 4.78 is 0. The Morgan fingerprint density at radius 3 is 2.83 bits per heavy atom. The lowest BCUT2D eigenvalue weighted by atomic mass is 10.1. The van der Waals surface area contributed by atoms with Crippen molar-refractivity contribution in [1.82, 2.24) is 4.98 Å². The predicted molar refractivity (Wildman–Crippen MR) is 75.9 cm³/mol. The normalized spacial score (nSPS) is 10.4. The van der Waals surface area contributed by atoms with Crippen LogP contribution < -0.4 is 5.73 Å². The van der Waals surface area contributed by atoms with Gasteiger partial charge in [-0.15, -0.1) is 22.7 Å². The van der Waals surface area contributed by atoms with Crippen molar-refractivity contribution < 1.29 is 0 Å². The molecular weight excluding hydrogens is 262 g/mol. The van der Waals surface area contributed by atoms with Crippen molar-refractivity contribution in [2.24, 2.45) is 5.73 Å². The summed E-state index contributed by atoms with van der Waals surface area (Å²) in [4.78, 5) is 5.63. The molecule has 0 atom stereocenters. The number of rotatable bonds is 6. The summed E-state index contributed by atoms with van der Waals surface area (Å²) in [6, 6.07) is 4.33. The molecule has 94 valence electrons. The van der Waals surface area contributed by atoms with Gasteiger partial charge in [0, 0.05) is 10.3 Å². The standard InChI is InChI=1S/C13H15N3S2/c14-5-1-2-10-6-12(17-8-10)4-3-11-9-18-13(7-15)16-11/h6,8-9H,1-5,14H2. The van der Waals surface area contributed by atoms with E-state index in [1.165, 1.54) is 21.8 Å². The number of nitriles is 1. The van der Waals surface area contributed by atoms with Crippen LogP contribution in [0, 0.1) is 11.3 Å². The molecule has 0 bridgehead atoms. The van der Waals surface area contributed by atoms with Gasteiger partial charge < -0.3 is 5.73 Å². The third kappa shape index (κ3) is 3.64. The van der Waals surface area contributed by atoms with Crippen LogP contribution in [0.15, 0.2) is 16.8 Å². The van der Waals surface area contributed by atoms with E-state index in [0.717, 1.165) is 37.9 Å². The number of aromatic nitrogens is 1. The molecule has 2 heterocycles. The van der Waals surface area contributed by atoms with Gasteiger partial charge in [0.05, 0.1) is 5.69 Å². The van der Waals surface area contributed by atoms with Gasteiger partial charge in [0.1, 0.15) is 6.07 Å². The van der Waals surface area contributed by atoms with E-state index < -0.39 is 0 Å². The van der Waals surface area contributed by atoms with Gasteiger partial charge >= 0.3 is 0 Å². The van der Waals surface area contributed by atoms with E-state index in [4.69, 9.17) is 11.0 Å². The molecule has 0 saturated heterocycles. The summed E-state index contributed by atoms with van der Waals surface area (Å²) in [7, 11) is 0. The van der Waals surface area contributed by atoms with Crippen molar-refractivity contribution in [2.75, 3.05) is 6.54 Å². The molecule has 0 fully saturated rings. The molecule has 2 N–H and O–H groups in total. The molecule has 3 nitrogen and oxygen atoms in total. The van der Waals surface area contributed by atoms with Gasteiger partial charge in [-0.25, -0.2) is 4.98 Å². The van der Waals surface area contributed by atoms with Gasteiger partial charge in [-0.3, -0.25) is 0 Å². The molecule has 0 aliphatic rings. The van der Waals surface area contributed by atoms with Gasteiger partial charge in [0.2, 0.25) is 0 Å². The zero-order chi connectivity index (χ0) is 12.8. The summed E-state index contributed by atoms with van der Waals surface area (Å²) in [5.41, 5.74) is 7.91. The summed E-state index contributed by atoms with van der Waals surface area (Å²) in [6.45, 7) is 0.751. The number of hydrogen-bond acceptors (Lipinski definition) is 5. The number of thiophene rings is 1. The van der Waals surface area contributed by atoms with E-state index in [0.29, 0.717) is 5.01 Å². The Bertz CT molecular complexity index is 536. The summed E-state index contributed by atoms with van der Waals surface area (Å²) in [6.07, 6.45) is 4.03. The minimum Gasteiger partial charge on any atom is -0.330 e. The third-order valence-corrected chi connectivity index (χ3v) is 4.49. The van der Waals surface area contributed by atoms with E-state index in [9.17, 15) is 0 Å². The molecular formula is C13H15N3S2. The van der Waals surface area contributed by atoms with Crippen LogP contribution in [-0.2, 0) is 19.3 Å². The SMILES string of the molecule is N#Cc1nc(CCc2cc(CCCN)cs2)cs1. The second-order valence-corrected chi connectivity index (χ2v) is 5.92. The molecule has 2 rings (SSSR count). The quantitative estimate of drug-likeness (QED) is 0.883. The minimum atomic E-state index is 0.555. The number of aryl methyl sites for hydroxylation is 3. The van der Waals surface area contributed by atoms with Crippen molar-refractivity contribution in [2.45, 2.75) is 25.7 Å². The lowest BCUT2D eigenvalue weighted by Gasteiger charge is -1.95. The first-order chi connectivity index (χ1) is 8.81. The van der Waals surface area contributed by atoms with Crippen LogP contribution in [0.3, 0.4) is 0 Å². The van der Waals surface area contributed by atoms with Crippen LogP contribution in [0.1, 0.15) is 27.6 Å². The van der Waals surface area contributed by atoms with Crippen LogP contribution >= 0.6 is 22.7 Å². The Kier molecular flexibility index (Phi) is 4.88. The minimum absolute atomic E-state index is 0.555. The van der Waals surface area contributed by atoms with Crippen LogP contribution in [0.2, 0.25) is 0 Å². The topological polar surface area (TPSA) is 62.7 Å². The van der Waals surface area contributed by atoms with E-state index in [1.54, 1.807) is 11.3 Å². The highest BCUT2D eigenvalue weighted by Crippen LogP contribution is 2.19. The maximum absolute atomic E-state index is 8.71. The first-order valence-electron chi connectivity index (χ1n) is 5.92. The molecule has 0 saturated carbocycles. The highest BCUT2D eigenvalue weighted by atomic mass is 32.1. The Morgan fingerprint density at radius 2 is 2.11 bits per heavy atom. The van der Waals surface area contributed by atoms with Gasteiger partial charge in [-0.05, 0) is 49.2 Å². The molecule has 0 aromatic carbocycles. The molecule has 0 spiro atoms. The lowest BCUT2D eigenvalue weighted by molar-refractivity contribution is 0.833. The maximum Gasteiger partial charge on any atom is 0.194 e. The van der Waals surface area contributed by atoms with E-state index in [2.05, 4.69) is 22.5 Å². The summed E-state index contributed by atoms with van der Waals surface area (Å²) in [5.74, 6) is 0. The maximum atomic E-state index is 8.71.